The summed E-state index contributed by atoms with van der Waals surface area (Å²) in [6.45, 7) is 12.9. The normalized spacial score (nSPS) is 21.3. The van der Waals surface area contributed by atoms with E-state index in [-0.39, 0.29) is 0 Å². The van der Waals surface area contributed by atoms with Gasteiger partial charge in [-0.2, -0.15) is 0 Å². The van der Waals surface area contributed by atoms with Gasteiger partial charge >= 0.3 is 0 Å². The number of anilines is 1. The SMILES string of the molecule is CCN1CCN(Cc2ccc(Br)cc2N2CCOCC2)CC1. The second-order valence-electron chi connectivity index (χ2n) is 6.08. The Kier molecular flexibility index (Phi) is 5.74. The fourth-order valence-corrected chi connectivity index (χ4v) is 3.62. The van der Waals surface area contributed by atoms with Crippen LogP contribution >= 0.6 is 15.9 Å². The lowest BCUT2D eigenvalue weighted by molar-refractivity contribution is 0.121. The first kappa shape index (κ1) is 16.2. The third-order valence-corrected chi connectivity index (χ3v) is 5.20. The maximum atomic E-state index is 5.50. The quantitative estimate of drug-likeness (QED) is 0.813. The van der Waals surface area contributed by atoms with E-state index < -0.39 is 0 Å². The van der Waals surface area contributed by atoms with Gasteiger partial charge in [0.1, 0.15) is 0 Å². The highest BCUT2D eigenvalue weighted by Crippen LogP contribution is 2.27. The zero-order chi connectivity index (χ0) is 15.4. The molecule has 0 atom stereocenters. The first-order valence-corrected chi connectivity index (χ1v) is 9.11. The van der Waals surface area contributed by atoms with E-state index in [2.05, 4.69) is 55.8 Å². The van der Waals surface area contributed by atoms with Crippen molar-refractivity contribution in [3.63, 3.8) is 0 Å². The molecule has 2 aliphatic rings. The summed E-state index contributed by atoms with van der Waals surface area (Å²) in [5.41, 5.74) is 2.81. The molecule has 1 aromatic carbocycles. The number of benzene rings is 1. The van der Waals surface area contributed by atoms with E-state index in [4.69, 9.17) is 4.74 Å². The van der Waals surface area contributed by atoms with E-state index in [1.165, 1.54) is 44.0 Å². The van der Waals surface area contributed by atoms with Gasteiger partial charge in [0, 0.05) is 56.0 Å². The average molecular weight is 368 g/mol. The molecule has 0 aromatic heterocycles. The van der Waals surface area contributed by atoms with Gasteiger partial charge in [0.15, 0.2) is 0 Å². The molecule has 3 rings (SSSR count). The van der Waals surface area contributed by atoms with Crippen molar-refractivity contribution in [2.75, 3.05) is 63.9 Å². The Morgan fingerprint density at radius 3 is 2.36 bits per heavy atom. The van der Waals surface area contributed by atoms with Gasteiger partial charge in [-0.25, -0.2) is 0 Å². The van der Waals surface area contributed by atoms with Crippen molar-refractivity contribution in [1.82, 2.24) is 9.80 Å². The molecule has 1 aromatic rings. The Labute approximate surface area is 142 Å². The van der Waals surface area contributed by atoms with Gasteiger partial charge in [0.25, 0.3) is 0 Å². The molecule has 0 spiro atoms. The predicted octanol–water partition coefficient (Wildman–Crippen LogP) is 2.42. The van der Waals surface area contributed by atoms with Crippen molar-refractivity contribution >= 4 is 21.6 Å². The number of hydrogen-bond acceptors (Lipinski definition) is 4. The van der Waals surface area contributed by atoms with Crippen LogP contribution in [0.2, 0.25) is 0 Å². The van der Waals surface area contributed by atoms with Gasteiger partial charge in [-0.1, -0.05) is 28.9 Å². The topological polar surface area (TPSA) is 19.0 Å². The molecule has 4 nitrogen and oxygen atoms in total. The van der Waals surface area contributed by atoms with Crippen LogP contribution in [0.3, 0.4) is 0 Å². The van der Waals surface area contributed by atoms with E-state index in [0.29, 0.717) is 0 Å². The van der Waals surface area contributed by atoms with E-state index in [1.54, 1.807) is 0 Å². The standard InChI is InChI=1S/C17H26BrN3O/c1-2-19-5-7-20(8-6-19)14-15-3-4-16(18)13-17(15)21-9-11-22-12-10-21/h3-4,13H,2,5-12,14H2,1H3. The van der Waals surface area contributed by atoms with E-state index >= 15 is 0 Å². The molecule has 2 saturated heterocycles. The van der Waals surface area contributed by atoms with E-state index in [9.17, 15) is 0 Å². The zero-order valence-electron chi connectivity index (χ0n) is 13.4. The smallest absolute Gasteiger partial charge is 0.0642 e. The van der Waals surface area contributed by atoms with Crippen LogP contribution in [0.5, 0.6) is 0 Å². The minimum absolute atomic E-state index is 0.834. The summed E-state index contributed by atoms with van der Waals surface area (Å²) >= 11 is 3.63. The first-order valence-electron chi connectivity index (χ1n) is 8.32. The summed E-state index contributed by atoms with van der Waals surface area (Å²) in [5, 5.41) is 0. The Hall–Kier alpha value is -0.620. The Morgan fingerprint density at radius 2 is 1.68 bits per heavy atom. The summed E-state index contributed by atoms with van der Waals surface area (Å²) in [7, 11) is 0. The van der Waals surface area contributed by atoms with Crippen molar-refractivity contribution in [3.05, 3.63) is 28.2 Å². The molecule has 2 aliphatic heterocycles. The lowest BCUT2D eigenvalue weighted by Gasteiger charge is -2.36. The van der Waals surface area contributed by atoms with Crippen LogP contribution in [0.25, 0.3) is 0 Å². The largest absolute Gasteiger partial charge is 0.378 e. The highest BCUT2D eigenvalue weighted by molar-refractivity contribution is 9.10. The van der Waals surface area contributed by atoms with Gasteiger partial charge in [0.05, 0.1) is 13.2 Å². The van der Waals surface area contributed by atoms with Crippen molar-refractivity contribution in [2.24, 2.45) is 0 Å². The van der Waals surface area contributed by atoms with Crippen LogP contribution in [-0.2, 0) is 11.3 Å². The minimum Gasteiger partial charge on any atom is -0.378 e. The second kappa shape index (κ2) is 7.77. The lowest BCUT2D eigenvalue weighted by Crippen LogP contribution is -2.45. The molecule has 0 aliphatic carbocycles. The molecular formula is C17H26BrN3O. The molecule has 0 unspecified atom stereocenters. The number of morpholine rings is 1. The third kappa shape index (κ3) is 4.02. The average Bonchev–Trinajstić information content (AvgIpc) is 2.58. The van der Waals surface area contributed by atoms with Crippen molar-refractivity contribution < 1.29 is 4.74 Å². The lowest BCUT2D eigenvalue weighted by atomic mass is 10.1. The molecule has 0 radical (unpaired) electrons. The fraction of sp³-hybridized carbons (Fsp3) is 0.647. The summed E-state index contributed by atoms with van der Waals surface area (Å²) in [6.07, 6.45) is 0. The Balaban J connectivity index is 1.70. The number of halogens is 1. The molecule has 0 bridgehead atoms. The van der Waals surface area contributed by atoms with Crippen LogP contribution in [0, 0.1) is 0 Å². The highest BCUT2D eigenvalue weighted by Gasteiger charge is 2.19. The Bertz CT molecular complexity index is 483. The molecule has 122 valence electrons. The van der Waals surface area contributed by atoms with Gasteiger partial charge in [-0.3, -0.25) is 4.90 Å². The van der Waals surface area contributed by atoms with Crippen LogP contribution < -0.4 is 4.90 Å². The highest BCUT2D eigenvalue weighted by atomic mass is 79.9. The number of ether oxygens (including phenoxy) is 1. The Morgan fingerprint density at radius 1 is 1.00 bits per heavy atom. The summed E-state index contributed by atoms with van der Waals surface area (Å²) in [5.74, 6) is 0. The molecule has 2 fully saturated rings. The minimum atomic E-state index is 0.834. The van der Waals surface area contributed by atoms with Crippen LogP contribution in [-0.4, -0.2) is 68.8 Å². The molecule has 0 saturated carbocycles. The summed E-state index contributed by atoms with van der Waals surface area (Å²) < 4.78 is 6.66. The maximum Gasteiger partial charge on any atom is 0.0642 e. The second-order valence-corrected chi connectivity index (χ2v) is 7.00. The third-order valence-electron chi connectivity index (χ3n) is 4.71. The number of likely N-dealkylation sites (N-methyl/N-ethyl adjacent to an activating group) is 1. The van der Waals surface area contributed by atoms with Gasteiger partial charge in [0.2, 0.25) is 0 Å². The molecule has 22 heavy (non-hydrogen) atoms. The summed E-state index contributed by atoms with van der Waals surface area (Å²) in [6, 6.07) is 6.71. The molecule has 5 heteroatoms. The van der Waals surface area contributed by atoms with Crippen LogP contribution in [0.4, 0.5) is 5.69 Å². The summed E-state index contributed by atoms with van der Waals surface area (Å²) in [4.78, 5) is 7.58. The molecule has 0 N–H and O–H groups in total. The number of piperazine rings is 1. The molecular weight excluding hydrogens is 342 g/mol. The maximum absolute atomic E-state index is 5.50. The predicted molar refractivity (Wildman–Crippen MR) is 94.6 cm³/mol. The fourth-order valence-electron chi connectivity index (χ4n) is 3.27. The monoisotopic (exact) mass is 367 g/mol. The van der Waals surface area contributed by atoms with Crippen molar-refractivity contribution in [3.8, 4) is 0 Å². The van der Waals surface area contributed by atoms with Crippen molar-refractivity contribution in [1.29, 1.82) is 0 Å². The molecule has 2 heterocycles. The molecule has 0 amide bonds. The van der Waals surface area contributed by atoms with E-state index in [1.807, 2.05) is 0 Å². The van der Waals surface area contributed by atoms with Crippen LogP contribution in [0.15, 0.2) is 22.7 Å². The van der Waals surface area contributed by atoms with Gasteiger partial charge < -0.3 is 14.5 Å². The first-order chi connectivity index (χ1) is 10.8. The van der Waals surface area contributed by atoms with Gasteiger partial charge in [-0.15, -0.1) is 0 Å². The van der Waals surface area contributed by atoms with Gasteiger partial charge in [-0.05, 0) is 24.2 Å². The zero-order valence-corrected chi connectivity index (χ0v) is 15.0. The van der Waals surface area contributed by atoms with Crippen molar-refractivity contribution in [2.45, 2.75) is 13.5 Å². The van der Waals surface area contributed by atoms with E-state index in [0.717, 1.165) is 37.3 Å². The number of rotatable bonds is 4. The van der Waals surface area contributed by atoms with Crippen LogP contribution in [0.1, 0.15) is 12.5 Å². The number of nitrogens with zero attached hydrogens (tertiary/aromatic N) is 3. The number of hydrogen-bond donors (Lipinski definition) is 0.